The highest BCUT2D eigenvalue weighted by molar-refractivity contribution is 5.54. The Hall–Kier alpha value is -1.42. The number of ether oxygens (including phenoxy) is 3. The zero-order valence-corrected chi connectivity index (χ0v) is 13.9. The Kier molecular flexibility index (Phi) is 7.37. The maximum Gasteiger partial charge on any atom is 0.203 e. The van der Waals surface area contributed by atoms with Crippen LogP contribution in [0.3, 0.4) is 0 Å². The van der Waals surface area contributed by atoms with Gasteiger partial charge in [0.15, 0.2) is 11.5 Å². The van der Waals surface area contributed by atoms with E-state index in [2.05, 4.69) is 20.8 Å². The molecule has 0 bridgehead atoms. The van der Waals surface area contributed by atoms with E-state index in [1.807, 2.05) is 12.1 Å². The van der Waals surface area contributed by atoms with Crippen molar-refractivity contribution in [1.29, 1.82) is 0 Å². The van der Waals surface area contributed by atoms with Gasteiger partial charge >= 0.3 is 0 Å². The van der Waals surface area contributed by atoms with Gasteiger partial charge < -0.3 is 19.9 Å². The fourth-order valence-corrected chi connectivity index (χ4v) is 1.98. The average molecular weight is 295 g/mol. The number of methoxy groups -OCH3 is 2. The Morgan fingerprint density at radius 3 is 2.05 bits per heavy atom. The van der Waals surface area contributed by atoms with Gasteiger partial charge in [-0.1, -0.05) is 27.2 Å². The van der Waals surface area contributed by atoms with E-state index < -0.39 is 0 Å². The molecule has 4 nitrogen and oxygen atoms in total. The molecule has 0 aliphatic heterocycles. The van der Waals surface area contributed by atoms with Crippen molar-refractivity contribution in [3.05, 3.63) is 17.7 Å². The third kappa shape index (κ3) is 5.12. The molecule has 1 aromatic rings. The van der Waals surface area contributed by atoms with Crippen LogP contribution in [0.1, 0.15) is 39.2 Å². The first-order valence-electron chi connectivity index (χ1n) is 7.68. The maximum absolute atomic E-state index is 6.03. The summed E-state index contributed by atoms with van der Waals surface area (Å²) < 4.78 is 16.8. The summed E-state index contributed by atoms with van der Waals surface area (Å²) in [5.74, 6) is 2.58. The predicted molar refractivity (Wildman–Crippen MR) is 86.5 cm³/mol. The van der Waals surface area contributed by atoms with Crippen molar-refractivity contribution in [1.82, 2.24) is 0 Å². The Bertz CT molecular complexity index is 409. The highest BCUT2D eigenvalue weighted by atomic mass is 16.5. The summed E-state index contributed by atoms with van der Waals surface area (Å²) in [6.45, 7) is 7.05. The fourth-order valence-electron chi connectivity index (χ4n) is 1.98. The van der Waals surface area contributed by atoms with Crippen molar-refractivity contribution < 1.29 is 14.2 Å². The fraction of sp³-hybridized carbons (Fsp3) is 0.647. The largest absolute Gasteiger partial charge is 0.493 e. The second-order valence-corrected chi connectivity index (χ2v) is 5.53. The normalized spacial score (nSPS) is 13.6. The van der Waals surface area contributed by atoms with Crippen LogP contribution >= 0.6 is 0 Å². The first kappa shape index (κ1) is 17.6. The number of benzene rings is 1. The molecular weight excluding hydrogens is 266 g/mol. The van der Waals surface area contributed by atoms with Gasteiger partial charge in [-0.3, -0.25) is 0 Å². The lowest BCUT2D eigenvalue weighted by atomic mass is 10.0. The summed E-state index contributed by atoms with van der Waals surface area (Å²) >= 11 is 0. The van der Waals surface area contributed by atoms with Gasteiger partial charge in [-0.25, -0.2) is 0 Å². The van der Waals surface area contributed by atoms with E-state index in [0.717, 1.165) is 24.8 Å². The summed E-state index contributed by atoms with van der Waals surface area (Å²) in [4.78, 5) is 0. The smallest absolute Gasteiger partial charge is 0.203 e. The highest BCUT2D eigenvalue weighted by Crippen LogP contribution is 2.39. The van der Waals surface area contributed by atoms with E-state index in [1.165, 1.54) is 0 Å². The monoisotopic (exact) mass is 295 g/mol. The Balaban J connectivity index is 3.00. The SMILES string of the molecule is CCC(C)COc1c(OC)cc(CC(N)CC)cc1OC. The lowest BCUT2D eigenvalue weighted by Crippen LogP contribution is -2.21. The minimum Gasteiger partial charge on any atom is -0.493 e. The molecule has 0 amide bonds. The Labute approximate surface area is 128 Å². The molecule has 1 rings (SSSR count). The molecule has 0 aromatic heterocycles. The van der Waals surface area contributed by atoms with Crippen LogP contribution in [-0.4, -0.2) is 26.9 Å². The molecule has 1 aromatic carbocycles. The van der Waals surface area contributed by atoms with Crippen molar-refractivity contribution in [2.24, 2.45) is 11.7 Å². The maximum atomic E-state index is 6.03. The molecule has 0 aliphatic rings. The van der Waals surface area contributed by atoms with Crippen molar-refractivity contribution in [2.75, 3.05) is 20.8 Å². The minimum atomic E-state index is 0.145. The molecule has 0 spiro atoms. The van der Waals surface area contributed by atoms with Crippen LogP contribution in [0.15, 0.2) is 12.1 Å². The van der Waals surface area contributed by atoms with E-state index >= 15 is 0 Å². The van der Waals surface area contributed by atoms with Crippen molar-refractivity contribution in [3.8, 4) is 17.2 Å². The Morgan fingerprint density at radius 1 is 1.05 bits per heavy atom. The van der Waals surface area contributed by atoms with Crippen molar-refractivity contribution >= 4 is 0 Å². The van der Waals surface area contributed by atoms with Crippen molar-refractivity contribution in [2.45, 2.75) is 46.1 Å². The van der Waals surface area contributed by atoms with E-state index in [0.29, 0.717) is 29.8 Å². The molecule has 0 radical (unpaired) electrons. The van der Waals surface area contributed by atoms with E-state index in [4.69, 9.17) is 19.9 Å². The van der Waals surface area contributed by atoms with Gasteiger partial charge in [0.25, 0.3) is 0 Å². The Morgan fingerprint density at radius 2 is 1.62 bits per heavy atom. The van der Waals surface area contributed by atoms with Gasteiger partial charge in [-0.15, -0.1) is 0 Å². The lowest BCUT2D eigenvalue weighted by Gasteiger charge is -2.18. The molecule has 0 saturated heterocycles. The first-order valence-corrected chi connectivity index (χ1v) is 7.68. The van der Waals surface area contributed by atoms with Gasteiger partial charge in [0.05, 0.1) is 20.8 Å². The van der Waals surface area contributed by atoms with Crippen LogP contribution in [0.4, 0.5) is 0 Å². The summed E-state index contributed by atoms with van der Waals surface area (Å²) in [6, 6.07) is 4.12. The first-order chi connectivity index (χ1) is 10.0. The van der Waals surface area contributed by atoms with Crippen LogP contribution in [0.5, 0.6) is 17.2 Å². The standard InChI is InChI=1S/C17H29NO3/c1-6-12(3)11-21-17-15(19-4)9-13(8-14(18)7-2)10-16(17)20-5/h9-10,12,14H,6-8,11,18H2,1-5H3. The lowest BCUT2D eigenvalue weighted by molar-refractivity contribution is 0.232. The molecule has 2 atom stereocenters. The minimum absolute atomic E-state index is 0.145. The summed E-state index contributed by atoms with van der Waals surface area (Å²) in [5, 5.41) is 0. The third-order valence-corrected chi connectivity index (χ3v) is 3.75. The molecule has 21 heavy (non-hydrogen) atoms. The van der Waals surface area contributed by atoms with Crippen LogP contribution in [0.25, 0.3) is 0 Å². The predicted octanol–water partition coefficient (Wildman–Crippen LogP) is 3.41. The zero-order valence-electron chi connectivity index (χ0n) is 13.9. The van der Waals surface area contributed by atoms with E-state index in [9.17, 15) is 0 Å². The highest BCUT2D eigenvalue weighted by Gasteiger charge is 2.16. The van der Waals surface area contributed by atoms with Crippen LogP contribution in [0, 0.1) is 5.92 Å². The molecule has 2 N–H and O–H groups in total. The van der Waals surface area contributed by atoms with Gasteiger partial charge in [0, 0.05) is 6.04 Å². The van der Waals surface area contributed by atoms with E-state index in [1.54, 1.807) is 14.2 Å². The molecule has 0 saturated carbocycles. The molecule has 4 heteroatoms. The second-order valence-electron chi connectivity index (χ2n) is 5.53. The molecule has 0 fully saturated rings. The quantitative estimate of drug-likeness (QED) is 0.758. The van der Waals surface area contributed by atoms with Gasteiger partial charge in [-0.2, -0.15) is 0 Å². The topological polar surface area (TPSA) is 53.7 Å². The number of rotatable bonds is 9. The number of nitrogens with two attached hydrogens (primary N) is 1. The summed E-state index contributed by atoms with van der Waals surface area (Å²) in [6.07, 6.45) is 2.82. The van der Waals surface area contributed by atoms with Crippen molar-refractivity contribution in [3.63, 3.8) is 0 Å². The molecule has 0 heterocycles. The molecule has 120 valence electrons. The second kappa shape index (κ2) is 8.78. The average Bonchev–Trinajstić information content (AvgIpc) is 2.51. The van der Waals surface area contributed by atoms with Gasteiger partial charge in [0.1, 0.15) is 0 Å². The molecule has 0 aliphatic carbocycles. The number of hydrogen-bond donors (Lipinski definition) is 1. The van der Waals surface area contributed by atoms with Crippen LogP contribution < -0.4 is 19.9 Å². The summed E-state index contributed by atoms with van der Waals surface area (Å²) in [7, 11) is 3.29. The van der Waals surface area contributed by atoms with Gasteiger partial charge in [0.2, 0.25) is 5.75 Å². The van der Waals surface area contributed by atoms with E-state index in [-0.39, 0.29) is 6.04 Å². The van der Waals surface area contributed by atoms with Gasteiger partial charge in [-0.05, 0) is 36.5 Å². The third-order valence-electron chi connectivity index (χ3n) is 3.75. The van der Waals surface area contributed by atoms with Crippen LogP contribution in [-0.2, 0) is 6.42 Å². The molecular formula is C17H29NO3. The zero-order chi connectivity index (χ0) is 15.8. The number of hydrogen-bond acceptors (Lipinski definition) is 4. The molecule has 2 unspecified atom stereocenters. The van der Waals surface area contributed by atoms with Crippen LogP contribution in [0.2, 0.25) is 0 Å². The summed E-state index contributed by atoms with van der Waals surface area (Å²) in [5.41, 5.74) is 7.14.